The second kappa shape index (κ2) is 5.73. The summed E-state index contributed by atoms with van der Waals surface area (Å²) in [5.41, 5.74) is -0.647. The van der Waals surface area contributed by atoms with Crippen molar-refractivity contribution in [2.45, 2.75) is 32.4 Å². The summed E-state index contributed by atoms with van der Waals surface area (Å²) in [6.07, 6.45) is 2.33. The van der Waals surface area contributed by atoms with E-state index in [1.165, 1.54) is 11.0 Å². The number of carbonyl (C=O) groups excluding carboxylic acids is 2. The molecular formula is C12H18N2O5. The summed E-state index contributed by atoms with van der Waals surface area (Å²) >= 11 is 0. The summed E-state index contributed by atoms with van der Waals surface area (Å²) in [5, 5.41) is 11.2. The van der Waals surface area contributed by atoms with Gasteiger partial charge in [-0.15, -0.1) is 0 Å². The maximum atomic E-state index is 11.8. The van der Waals surface area contributed by atoms with Gasteiger partial charge in [-0.2, -0.15) is 0 Å². The number of hydrogen-bond acceptors (Lipinski definition) is 4. The minimum absolute atomic E-state index is 0.228. The SMILES string of the molecule is CC(C)(C)OC(=O)NCC(=O)N1CC=CC1C(=O)O. The van der Waals surface area contributed by atoms with Crippen LogP contribution in [0.1, 0.15) is 20.8 Å². The Morgan fingerprint density at radius 2 is 2.05 bits per heavy atom. The molecule has 7 heteroatoms. The predicted octanol–water partition coefficient (Wildman–Crippen LogP) is 0.363. The van der Waals surface area contributed by atoms with Crippen LogP contribution >= 0.6 is 0 Å². The summed E-state index contributed by atoms with van der Waals surface area (Å²) in [5.74, 6) is -1.57. The van der Waals surface area contributed by atoms with Crippen molar-refractivity contribution >= 4 is 18.0 Å². The van der Waals surface area contributed by atoms with Crippen molar-refractivity contribution in [1.82, 2.24) is 10.2 Å². The molecule has 1 aliphatic heterocycles. The van der Waals surface area contributed by atoms with Crippen molar-refractivity contribution < 1.29 is 24.2 Å². The van der Waals surface area contributed by atoms with E-state index in [1.54, 1.807) is 26.8 Å². The first-order valence-electron chi connectivity index (χ1n) is 5.86. The topological polar surface area (TPSA) is 95.9 Å². The third kappa shape index (κ3) is 4.61. The molecule has 0 fully saturated rings. The summed E-state index contributed by atoms with van der Waals surface area (Å²) in [6.45, 7) is 5.06. The molecule has 0 aromatic carbocycles. The molecule has 2 amide bonds. The van der Waals surface area contributed by atoms with E-state index in [0.717, 1.165) is 0 Å². The van der Waals surface area contributed by atoms with Crippen LogP contribution in [-0.2, 0) is 14.3 Å². The van der Waals surface area contributed by atoms with E-state index >= 15 is 0 Å². The first-order valence-corrected chi connectivity index (χ1v) is 5.86. The largest absolute Gasteiger partial charge is 0.479 e. The van der Waals surface area contributed by atoms with E-state index in [-0.39, 0.29) is 13.1 Å². The minimum atomic E-state index is -1.10. The average molecular weight is 270 g/mol. The zero-order chi connectivity index (χ0) is 14.6. The Labute approximate surface area is 111 Å². The summed E-state index contributed by atoms with van der Waals surface area (Å²) in [6, 6.07) is -0.965. The maximum Gasteiger partial charge on any atom is 0.408 e. The lowest BCUT2D eigenvalue weighted by molar-refractivity contribution is -0.146. The lowest BCUT2D eigenvalue weighted by atomic mass is 10.2. The highest BCUT2D eigenvalue weighted by Crippen LogP contribution is 2.10. The van der Waals surface area contributed by atoms with Gasteiger partial charge >= 0.3 is 12.1 Å². The van der Waals surface area contributed by atoms with Gasteiger partial charge in [-0.1, -0.05) is 12.2 Å². The number of amides is 2. The Balaban J connectivity index is 2.44. The molecule has 0 radical (unpaired) electrons. The van der Waals surface area contributed by atoms with Gasteiger partial charge in [0.2, 0.25) is 5.91 Å². The number of alkyl carbamates (subject to hydrolysis) is 1. The maximum absolute atomic E-state index is 11.8. The number of rotatable bonds is 3. The lowest BCUT2D eigenvalue weighted by Crippen LogP contribution is -2.46. The van der Waals surface area contributed by atoms with Crippen molar-refractivity contribution in [3.05, 3.63) is 12.2 Å². The van der Waals surface area contributed by atoms with Crippen molar-refractivity contribution in [3.63, 3.8) is 0 Å². The molecule has 0 saturated carbocycles. The number of nitrogens with one attached hydrogen (secondary N) is 1. The Bertz CT molecular complexity index is 411. The van der Waals surface area contributed by atoms with Gasteiger partial charge in [-0.25, -0.2) is 9.59 Å². The Morgan fingerprint density at radius 3 is 2.58 bits per heavy atom. The number of ether oxygens (including phenoxy) is 1. The summed E-state index contributed by atoms with van der Waals surface area (Å²) in [4.78, 5) is 35.2. The van der Waals surface area contributed by atoms with E-state index in [2.05, 4.69) is 5.32 Å². The molecule has 0 spiro atoms. The van der Waals surface area contributed by atoms with Crippen LogP contribution in [-0.4, -0.2) is 52.7 Å². The monoisotopic (exact) mass is 270 g/mol. The van der Waals surface area contributed by atoms with Crippen LogP contribution in [0.5, 0.6) is 0 Å². The molecule has 0 bridgehead atoms. The Hall–Kier alpha value is -2.05. The highest BCUT2D eigenvalue weighted by Gasteiger charge is 2.30. The molecule has 19 heavy (non-hydrogen) atoms. The zero-order valence-electron chi connectivity index (χ0n) is 11.2. The van der Waals surface area contributed by atoms with Crippen molar-refractivity contribution in [3.8, 4) is 0 Å². The number of carboxylic acid groups (broad SMARTS) is 1. The second-order valence-electron chi connectivity index (χ2n) is 5.11. The van der Waals surface area contributed by atoms with Gasteiger partial charge < -0.3 is 20.1 Å². The molecule has 0 saturated heterocycles. The zero-order valence-corrected chi connectivity index (χ0v) is 11.2. The van der Waals surface area contributed by atoms with E-state index in [1.807, 2.05) is 0 Å². The van der Waals surface area contributed by atoms with Crippen molar-refractivity contribution in [1.29, 1.82) is 0 Å². The molecule has 7 nitrogen and oxygen atoms in total. The fourth-order valence-electron chi connectivity index (χ4n) is 1.56. The summed E-state index contributed by atoms with van der Waals surface area (Å²) < 4.78 is 4.97. The van der Waals surface area contributed by atoms with Crippen LogP contribution in [0, 0.1) is 0 Å². The normalized spacial score (nSPS) is 18.3. The predicted molar refractivity (Wildman–Crippen MR) is 66.5 cm³/mol. The molecule has 1 atom stereocenters. The Kier molecular flexibility index (Phi) is 4.52. The van der Waals surface area contributed by atoms with E-state index < -0.39 is 29.6 Å². The molecular weight excluding hydrogens is 252 g/mol. The van der Waals surface area contributed by atoms with Gasteiger partial charge in [0.1, 0.15) is 18.2 Å². The minimum Gasteiger partial charge on any atom is -0.479 e. The first kappa shape index (κ1) is 15.0. The van der Waals surface area contributed by atoms with E-state index in [0.29, 0.717) is 0 Å². The van der Waals surface area contributed by atoms with Crippen molar-refractivity contribution in [2.75, 3.05) is 13.1 Å². The van der Waals surface area contributed by atoms with Crippen LogP contribution in [0.2, 0.25) is 0 Å². The van der Waals surface area contributed by atoms with Gasteiger partial charge in [0.15, 0.2) is 0 Å². The van der Waals surface area contributed by atoms with E-state index in [9.17, 15) is 14.4 Å². The summed E-state index contributed by atoms with van der Waals surface area (Å²) in [7, 11) is 0. The number of carbonyl (C=O) groups is 3. The van der Waals surface area contributed by atoms with Crippen LogP contribution in [0.3, 0.4) is 0 Å². The third-order valence-electron chi connectivity index (χ3n) is 2.31. The van der Waals surface area contributed by atoms with Crippen LogP contribution < -0.4 is 5.32 Å². The quantitative estimate of drug-likeness (QED) is 0.722. The fraction of sp³-hybridized carbons (Fsp3) is 0.583. The average Bonchev–Trinajstić information content (AvgIpc) is 2.72. The third-order valence-corrected chi connectivity index (χ3v) is 2.31. The molecule has 2 N–H and O–H groups in total. The molecule has 0 aliphatic carbocycles. The smallest absolute Gasteiger partial charge is 0.408 e. The molecule has 0 aromatic heterocycles. The molecule has 1 aliphatic rings. The fourth-order valence-corrected chi connectivity index (χ4v) is 1.56. The van der Waals surface area contributed by atoms with Crippen LogP contribution in [0.4, 0.5) is 4.79 Å². The first-order chi connectivity index (χ1) is 8.70. The molecule has 1 unspecified atom stereocenters. The van der Waals surface area contributed by atoms with Gasteiger partial charge in [0, 0.05) is 6.54 Å². The molecule has 0 aromatic rings. The number of nitrogens with zero attached hydrogens (tertiary/aromatic N) is 1. The highest BCUT2D eigenvalue weighted by molar-refractivity contribution is 5.88. The van der Waals surface area contributed by atoms with Crippen LogP contribution in [0.25, 0.3) is 0 Å². The molecule has 1 rings (SSSR count). The number of hydrogen-bond donors (Lipinski definition) is 2. The number of aliphatic carboxylic acids is 1. The van der Waals surface area contributed by atoms with Gasteiger partial charge in [-0.05, 0) is 20.8 Å². The lowest BCUT2D eigenvalue weighted by Gasteiger charge is -2.23. The second-order valence-corrected chi connectivity index (χ2v) is 5.11. The number of carboxylic acids is 1. The Morgan fingerprint density at radius 1 is 1.42 bits per heavy atom. The molecule has 106 valence electrons. The molecule has 1 heterocycles. The van der Waals surface area contributed by atoms with Crippen LogP contribution in [0.15, 0.2) is 12.2 Å². The van der Waals surface area contributed by atoms with Gasteiger partial charge in [0.05, 0.1) is 0 Å². The van der Waals surface area contributed by atoms with Crippen molar-refractivity contribution in [2.24, 2.45) is 0 Å². The van der Waals surface area contributed by atoms with E-state index in [4.69, 9.17) is 9.84 Å². The standard InChI is InChI=1S/C12H18N2O5/c1-12(2,3)19-11(18)13-7-9(15)14-6-4-5-8(14)10(16)17/h4-5,8H,6-7H2,1-3H3,(H,13,18)(H,16,17). The van der Waals surface area contributed by atoms with Gasteiger partial charge in [0.25, 0.3) is 0 Å². The highest BCUT2D eigenvalue weighted by atomic mass is 16.6. The van der Waals surface area contributed by atoms with Gasteiger partial charge in [-0.3, -0.25) is 4.79 Å².